The van der Waals surface area contributed by atoms with Crippen molar-refractivity contribution in [3.05, 3.63) is 42.4 Å². The fourth-order valence-corrected chi connectivity index (χ4v) is 2.10. The highest BCUT2D eigenvalue weighted by Crippen LogP contribution is 2.27. The lowest BCUT2D eigenvalue weighted by molar-refractivity contribution is 0.0601. The van der Waals surface area contributed by atoms with Gasteiger partial charge in [0.1, 0.15) is 5.03 Å². The number of pyridine rings is 2. The van der Waals surface area contributed by atoms with Crippen LogP contribution in [0.1, 0.15) is 10.4 Å². The number of methoxy groups -OCH3 is 1. The largest absolute Gasteiger partial charge is 0.465 e. The topological polar surface area (TPSA) is 78.1 Å². The smallest absolute Gasteiger partial charge is 0.340 e. The van der Waals surface area contributed by atoms with Gasteiger partial charge in [-0.2, -0.15) is 0 Å². The van der Waals surface area contributed by atoms with Crippen LogP contribution in [0.3, 0.4) is 0 Å². The number of aromatic nitrogens is 2. The van der Waals surface area contributed by atoms with E-state index in [0.717, 1.165) is 4.90 Å². The number of anilines is 1. The summed E-state index contributed by atoms with van der Waals surface area (Å²) in [6.45, 7) is 0. The fourth-order valence-electron chi connectivity index (χ4n) is 1.32. The molecule has 0 saturated carbocycles. The first-order valence-electron chi connectivity index (χ1n) is 5.12. The first kappa shape index (κ1) is 12.4. The second-order valence-corrected chi connectivity index (χ2v) is 4.48. The van der Waals surface area contributed by atoms with Crippen molar-refractivity contribution in [2.24, 2.45) is 0 Å². The van der Waals surface area contributed by atoms with Crippen molar-refractivity contribution in [1.29, 1.82) is 0 Å². The Hall–Kier alpha value is -2.08. The van der Waals surface area contributed by atoms with Gasteiger partial charge in [0.2, 0.25) is 0 Å². The number of ether oxygens (including phenoxy) is 1. The first-order chi connectivity index (χ1) is 8.70. The molecule has 2 rings (SSSR count). The van der Waals surface area contributed by atoms with E-state index < -0.39 is 5.97 Å². The summed E-state index contributed by atoms with van der Waals surface area (Å²) in [5.74, 6) is -0.466. The lowest BCUT2D eigenvalue weighted by atomic mass is 10.2. The van der Waals surface area contributed by atoms with Gasteiger partial charge in [0.05, 0.1) is 24.6 Å². The minimum Gasteiger partial charge on any atom is -0.465 e. The van der Waals surface area contributed by atoms with Gasteiger partial charge in [-0.15, -0.1) is 0 Å². The van der Waals surface area contributed by atoms with Gasteiger partial charge >= 0.3 is 5.97 Å². The summed E-state index contributed by atoms with van der Waals surface area (Å²) in [6, 6.07) is 5.34. The number of carbonyl (C=O) groups is 1. The minimum absolute atomic E-state index is 0.306. The summed E-state index contributed by atoms with van der Waals surface area (Å²) in [4.78, 5) is 20.6. The highest BCUT2D eigenvalue weighted by atomic mass is 32.2. The van der Waals surface area contributed by atoms with Gasteiger partial charge < -0.3 is 10.5 Å². The van der Waals surface area contributed by atoms with Gasteiger partial charge in [-0.1, -0.05) is 11.8 Å². The summed E-state index contributed by atoms with van der Waals surface area (Å²) in [7, 11) is 1.32. The predicted octanol–water partition coefficient (Wildman–Crippen LogP) is 2.00. The number of hydrogen-bond acceptors (Lipinski definition) is 6. The van der Waals surface area contributed by atoms with E-state index >= 15 is 0 Å². The molecule has 0 amide bonds. The van der Waals surface area contributed by atoms with Crippen LogP contribution >= 0.6 is 11.8 Å². The molecule has 0 aliphatic carbocycles. The van der Waals surface area contributed by atoms with Crippen LogP contribution in [0.15, 0.2) is 46.7 Å². The minimum atomic E-state index is -0.466. The maximum atomic E-state index is 11.5. The molecule has 0 bridgehead atoms. The Kier molecular flexibility index (Phi) is 3.78. The van der Waals surface area contributed by atoms with Crippen LogP contribution in [0, 0.1) is 0 Å². The Morgan fingerprint density at radius 1 is 1.39 bits per heavy atom. The van der Waals surface area contributed by atoms with Gasteiger partial charge in [-0.05, 0) is 18.2 Å². The SMILES string of the molecule is COC(=O)c1cc(Sc2ccncc2)ncc1N. The lowest BCUT2D eigenvalue weighted by Crippen LogP contribution is -2.06. The number of esters is 1. The Labute approximate surface area is 108 Å². The fraction of sp³-hybridized carbons (Fsp3) is 0.0833. The van der Waals surface area contributed by atoms with E-state index in [4.69, 9.17) is 5.73 Å². The summed E-state index contributed by atoms with van der Waals surface area (Å²) in [5, 5.41) is 0.677. The molecule has 2 aromatic heterocycles. The lowest BCUT2D eigenvalue weighted by Gasteiger charge is -2.05. The Bertz CT molecular complexity index is 561. The molecule has 0 saturated heterocycles. The van der Waals surface area contributed by atoms with Crippen molar-refractivity contribution in [1.82, 2.24) is 9.97 Å². The molecule has 2 N–H and O–H groups in total. The zero-order valence-corrected chi connectivity index (χ0v) is 10.5. The Morgan fingerprint density at radius 2 is 2.11 bits per heavy atom. The van der Waals surface area contributed by atoms with Crippen LogP contribution in [0.5, 0.6) is 0 Å². The zero-order chi connectivity index (χ0) is 13.0. The first-order valence-corrected chi connectivity index (χ1v) is 5.94. The Balaban J connectivity index is 2.27. The molecular formula is C12H11N3O2S. The number of carbonyl (C=O) groups excluding carboxylic acids is 1. The van der Waals surface area contributed by atoms with Crippen molar-refractivity contribution >= 4 is 23.4 Å². The molecule has 0 aliphatic rings. The van der Waals surface area contributed by atoms with E-state index in [2.05, 4.69) is 14.7 Å². The van der Waals surface area contributed by atoms with Crippen molar-refractivity contribution in [2.45, 2.75) is 9.92 Å². The van der Waals surface area contributed by atoms with E-state index in [1.165, 1.54) is 25.1 Å². The van der Waals surface area contributed by atoms with Crippen molar-refractivity contribution in [3.63, 3.8) is 0 Å². The maximum Gasteiger partial charge on any atom is 0.340 e. The van der Waals surface area contributed by atoms with E-state index in [1.807, 2.05) is 12.1 Å². The third-order valence-electron chi connectivity index (χ3n) is 2.19. The molecule has 0 spiro atoms. The summed E-state index contributed by atoms with van der Waals surface area (Å²) >= 11 is 1.42. The average Bonchev–Trinajstić information content (AvgIpc) is 2.41. The van der Waals surface area contributed by atoms with Crippen LogP contribution < -0.4 is 5.73 Å². The molecule has 5 nitrogen and oxygen atoms in total. The van der Waals surface area contributed by atoms with Crippen LogP contribution in [0.4, 0.5) is 5.69 Å². The molecule has 2 aromatic rings. The van der Waals surface area contributed by atoms with Gasteiger partial charge in [-0.3, -0.25) is 4.98 Å². The third-order valence-corrected chi connectivity index (χ3v) is 3.13. The van der Waals surface area contributed by atoms with Crippen LogP contribution in [0.25, 0.3) is 0 Å². The third kappa shape index (κ3) is 2.78. The number of rotatable bonds is 3. The second-order valence-electron chi connectivity index (χ2n) is 3.39. The van der Waals surface area contributed by atoms with Gasteiger partial charge in [-0.25, -0.2) is 9.78 Å². The van der Waals surface area contributed by atoms with Gasteiger partial charge in [0.25, 0.3) is 0 Å². The second kappa shape index (κ2) is 5.50. The van der Waals surface area contributed by atoms with Gasteiger partial charge in [0, 0.05) is 17.3 Å². The summed E-state index contributed by atoms with van der Waals surface area (Å²) in [5.41, 5.74) is 6.31. The van der Waals surface area contributed by atoms with Crippen molar-refractivity contribution in [3.8, 4) is 0 Å². The molecule has 0 aliphatic heterocycles. The number of hydrogen-bond donors (Lipinski definition) is 1. The highest BCUT2D eigenvalue weighted by Gasteiger charge is 2.12. The molecule has 2 heterocycles. The Morgan fingerprint density at radius 3 is 2.78 bits per heavy atom. The van der Waals surface area contributed by atoms with Crippen molar-refractivity contribution < 1.29 is 9.53 Å². The van der Waals surface area contributed by atoms with Crippen LogP contribution in [0.2, 0.25) is 0 Å². The molecule has 0 fully saturated rings. The molecule has 0 unspecified atom stereocenters. The molecule has 0 aromatic carbocycles. The summed E-state index contributed by atoms with van der Waals surface area (Å²) in [6.07, 6.45) is 4.84. The van der Waals surface area contributed by atoms with E-state index in [1.54, 1.807) is 18.5 Å². The molecular weight excluding hydrogens is 250 g/mol. The number of nitrogens with two attached hydrogens (primary N) is 1. The molecule has 6 heteroatoms. The van der Waals surface area contributed by atoms with Gasteiger partial charge in [0.15, 0.2) is 0 Å². The van der Waals surface area contributed by atoms with Crippen molar-refractivity contribution in [2.75, 3.05) is 12.8 Å². The van der Waals surface area contributed by atoms with E-state index in [0.29, 0.717) is 16.3 Å². The number of nitrogen functional groups attached to an aromatic ring is 1. The van der Waals surface area contributed by atoms with Crippen LogP contribution in [-0.4, -0.2) is 23.0 Å². The predicted molar refractivity (Wildman–Crippen MR) is 68.3 cm³/mol. The maximum absolute atomic E-state index is 11.5. The molecule has 92 valence electrons. The van der Waals surface area contributed by atoms with Crippen LogP contribution in [-0.2, 0) is 4.74 Å². The average molecular weight is 261 g/mol. The highest BCUT2D eigenvalue weighted by molar-refractivity contribution is 7.99. The number of nitrogens with zero attached hydrogens (tertiary/aromatic N) is 2. The molecule has 0 radical (unpaired) electrons. The molecule has 18 heavy (non-hydrogen) atoms. The molecule has 0 atom stereocenters. The van der Waals surface area contributed by atoms with E-state index in [9.17, 15) is 4.79 Å². The normalized spacial score (nSPS) is 10.1. The monoisotopic (exact) mass is 261 g/mol. The quantitative estimate of drug-likeness (QED) is 0.851. The van der Waals surface area contributed by atoms with E-state index in [-0.39, 0.29) is 0 Å². The zero-order valence-electron chi connectivity index (χ0n) is 9.66. The summed E-state index contributed by atoms with van der Waals surface area (Å²) < 4.78 is 4.66. The standard InChI is InChI=1S/C12H11N3O2S/c1-17-12(16)9-6-11(15-7-10(9)13)18-8-2-4-14-5-3-8/h2-7H,13H2,1H3.